The highest BCUT2D eigenvalue weighted by molar-refractivity contribution is 5.85. The standard InChI is InChI=1S/C17H30N2O2.ClH/c1-19(7-8-21-11-12-5-6-12)17(20)15-9-13-3-2-4-14(10-15)16(13)18;/h12-16H,2-11,18H2,1H3;1H. The van der Waals surface area contributed by atoms with E-state index in [1.807, 2.05) is 11.9 Å². The fourth-order valence-electron chi connectivity index (χ4n) is 4.15. The zero-order chi connectivity index (χ0) is 14.8. The Morgan fingerprint density at radius 1 is 1.18 bits per heavy atom. The summed E-state index contributed by atoms with van der Waals surface area (Å²) in [6, 6.07) is 0.343. The molecular weight excluding hydrogens is 300 g/mol. The summed E-state index contributed by atoms with van der Waals surface area (Å²) < 4.78 is 5.64. The summed E-state index contributed by atoms with van der Waals surface area (Å²) in [7, 11) is 1.92. The van der Waals surface area contributed by atoms with E-state index < -0.39 is 0 Å². The van der Waals surface area contributed by atoms with Gasteiger partial charge in [0, 0.05) is 32.2 Å². The van der Waals surface area contributed by atoms with Gasteiger partial charge in [0.15, 0.2) is 0 Å². The molecule has 0 aromatic rings. The Balaban J connectivity index is 0.00000176. The topological polar surface area (TPSA) is 55.6 Å². The lowest BCUT2D eigenvalue weighted by molar-refractivity contribution is -0.138. The molecule has 2 bridgehead atoms. The molecule has 0 spiro atoms. The van der Waals surface area contributed by atoms with E-state index in [-0.39, 0.29) is 18.3 Å². The van der Waals surface area contributed by atoms with Gasteiger partial charge >= 0.3 is 0 Å². The van der Waals surface area contributed by atoms with Crippen LogP contribution in [0.1, 0.15) is 44.9 Å². The van der Waals surface area contributed by atoms with Gasteiger partial charge in [-0.15, -0.1) is 12.4 Å². The van der Waals surface area contributed by atoms with E-state index in [4.69, 9.17) is 10.5 Å². The molecule has 0 radical (unpaired) electrons. The van der Waals surface area contributed by atoms with Crippen LogP contribution in [0.3, 0.4) is 0 Å². The predicted molar refractivity (Wildman–Crippen MR) is 90.0 cm³/mol. The molecular formula is C17H31ClN2O2. The molecule has 0 saturated heterocycles. The summed E-state index contributed by atoms with van der Waals surface area (Å²) >= 11 is 0. The highest BCUT2D eigenvalue weighted by Gasteiger charge is 2.41. The Kier molecular flexibility index (Phi) is 6.54. The van der Waals surface area contributed by atoms with Crippen molar-refractivity contribution in [3.05, 3.63) is 0 Å². The summed E-state index contributed by atoms with van der Waals surface area (Å²) in [6.07, 6.45) is 8.38. The van der Waals surface area contributed by atoms with Crippen molar-refractivity contribution >= 4 is 18.3 Å². The Bertz CT molecular complexity index is 362. The van der Waals surface area contributed by atoms with E-state index >= 15 is 0 Å². The second kappa shape index (κ2) is 7.98. The van der Waals surface area contributed by atoms with Gasteiger partial charge in [-0.3, -0.25) is 4.79 Å². The number of likely N-dealkylation sites (N-methyl/N-ethyl adjacent to an activating group) is 1. The van der Waals surface area contributed by atoms with Gasteiger partial charge in [0.2, 0.25) is 5.91 Å². The molecule has 4 nitrogen and oxygen atoms in total. The highest BCUT2D eigenvalue weighted by Crippen LogP contribution is 2.42. The fourth-order valence-corrected chi connectivity index (χ4v) is 4.15. The normalized spacial score (nSPS) is 33.9. The number of hydrogen-bond acceptors (Lipinski definition) is 3. The van der Waals surface area contributed by atoms with Crippen molar-refractivity contribution in [3.8, 4) is 0 Å². The van der Waals surface area contributed by atoms with E-state index in [2.05, 4.69) is 0 Å². The molecule has 3 aliphatic carbocycles. The first-order valence-electron chi connectivity index (χ1n) is 8.73. The third-order valence-electron chi connectivity index (χ3n) is 5.76. The molecule has 0 aromatic carbocycles. The maximum Gasteiger partial charge on any atom is 0.225 e. The number of nitrogens with zero attached hydrogens (tertiary/aromatic N) is 1. The van der Waals surface area contributed by atoms with Crippen molar-refractivity contribution in [2.24, 2.45) is 29.4 Å². The summed E-state index contributed by atoms with van der Waals surface area (Å²) in [4.78, 5) is 14.5. The lowest BCUT2D eigenvalue weighted by Gasteiger charge is -2.44. The number of rotatable bonds is 6. The maximum absolute atomic E-state index is 12.6. The smallest absolute Gasteiger partial charge is 0.225 e. The third-order valence-corrected chi connectivity index (χ3v) is 5.76. The van der Waals surface area contributed by atoms with Crippen molar-refractivity contribution in [1.82, 2.24) is 4.90 Å². The van der Waals surface area contributed by atoms with E-state index in [9.17, 15) is 4.79 Å². The Morgan fingerprint density at radius 2 is 1.82 bits per heavy atom. The number of halogens is 1. The van der Waals surface area contributed by atoms with Gasteiger partial charge in [-0.1, -0.05) is 6.42 Å². The average molecular weight is 331 g/mol. The predicted octanol–water partition coefficient (Wildman–Crippen LogP) is 2.45. The maximum atomic E-state index is 12.6. The minimum Gasteiger partial charge on any atom is -0.379 e. The van der Waals surface area contributed by atoms with Gasteiger partial charge in [-0.2, -0.15) is 0 Å². The number of carbonyl (C=O) groups excluding carboxylic acids is 1. The van der Waals surface area contributed by atoms with Crippen LogP contribution in [-0.2, 0) is 9.53 Å². The van der Waals surface area contributed by atoms with Crippen molar-refractivity contribution < 1.29 is 9.53 Å². The molecule has 3 aliphatic rings. The lowest BCUT2D eigenvalue weighted by Crippen LogP contribution is -2.49. The summed E-state index contributed by atoms with van der Waals surface area (Å²) in [6.45, 7) is 2.28. The van der Waals surface area contributed by atoms with Crippen LogP contribution in [0.15, 0.2) is 0 Å². The minimum absolute atomic E-state index is 0. The van der Waals surface area contributed by atoms with Crippen LogP contribution in [0, 0.1) is 23.7 Å². The largest absolute Gasteiger partial charge is 0.379 e. The molecule has 0 heterocycles. The molecule has 2 N–H and O–H groups in total. The average Bonchev–Trinajstić information content (AvgIpc) is 3.26. The lowest BCUT2D eigenvalue weighted by atomic mass is 9.65. The summed E-state index contributed by atoms with van der Waals surface area (Å²) in [5, 5.41) is 0. The van der Waals surface area contributed by atoms with Crippen LogP contribution < -0.4 is 5.73 Å². The molecule has 3 rings (SSSR count). The Morgan fingerprint density at radius 3 is 2.41 bits per heavy atom. The van der Waals surface area contributed by atoms with Crippen LogP contribution in [0.25, 0.3) is 0 Å². The number of hydrogen-bond donors (Lipinski definition) is 1. The number of nitrogens with two attached hydrogens (primary N) is 1. The zero-order valence-electron chi connectivity index (χ0n) is 13.7. The van der Waals surface area contributed by atoms with Crippen LogP contribution in [0.2, 0.25) is 0 Å². The number of carbonyl (C=O) groups is 1. The van der Waals surface area contributed by atoms with Gasteiger partial charge in [0.1, 0.15) is 0 Å². The summed E-state index contributed by atoms with van der Waals surface area (Å²) in [5.41, 5.74) is 6.31. The minimum atomic E-state index is 0. The Hall–Kier alpha value is -0.320. The molecule has 5 heteroatoms. The quantitative estimate of drug-likeness (QED) is 0.761. The van der Waals surface area contributed by atoms with Crippen LogP contribution in [-0.4, -0.2) is 43.7 Å². The van der Waals surface area contributed by atoms with Gasteiger partial charge < -0.3 is 15.4 Å². The van der Waals surface area contributed by atoms with E-state index in [1.54, 1.807) is 0 Å². The van der Waals surface area contributed by atoms with Gasteiger partial charge in [0.05, 0.1) is 6.61 Å². The summed E-state index contributed by atoms with van der Waals surface area (Å²) in [5.74, 6) is 2.46. The Labute approximate surface area is 140 Å². The van der Waals surface area contributed by atoms with Gasteiger partial charge in [-0.25, -0.2) is 0 Å². The van der Waals surface area contributed by atoms with E-state index in [1.165, 1.54) is 32.1 Å². The molecule has 1 amide bonds. The first-order valence-corrected chi connectivity index (χ1v) is 8.73. The van der Waals surface area contributed by atoms with Crippen molar-refractivity contribution in [3.63, 3.8) is 0 Å². The SMILES string of the molecule is CN(CCOCC1CC1)C(=O)C1CC2CCCC(C1)C2N.Cl. The fraction of sp³-hybridized carbons (Fsp3) is 0.941. The number of fused-ring (bicyclic) bond motifs is 2. The third kappa shape index (κ3) is 4.36. The van der Waals surface area contributed by atoms with Crippen molar-refractivity contribution in [2.75, 3.05) is 26.8 Å². The van der Waals surface area contributed by atoms with Crippen LogP contribution >= 0.6 is 12.4 Å². The molecule has 2 atom stereocenters. The van der Waals surface area contributed by atoms with Gasteiger partial charge in [-0.05, 0) is 56.3 Å². The molecule has 128 valence electrons. The first kappa shape index (κ1) is 18.0. The van der Waals surface area contributed by atoms with Crippen LogP contribution in [0.4, 0.5) is 0 Å². The van der Waals surface area contributed by atoms with E-state index in [0.29, 0.717) is 30.4 Å². The van der Waals surface area contributed by atoms with Crippen LogP contribution in [0.5, 0.6) is 0 Å². The number of amides is 1. The molecule has 2 unspecified atom stereocenters. The molecule has 3 fully saturated rings. The zero-order valence-corrected chi connectivity index (χ0v) is 14.5. The molecule has 3 saturated carbocycles. The molecule has 0 aromatic heterocycles. The second-order valence-electron chi connectivity index (χ2n) is 7.47. The van der Waals surface area contributed by atoms with E-state index in [0.717, 1.165) is 31.9 Å². The first-order chi connectivity index (χ1) is 10.1. The number of ether oxygens (including phenoxy) is 1. The highest BCUT2D eigenvalue weighted by atomic mass is 35.5. The molecule has 0 aliphatic heterocycles. The van der Waals surface area contributed by atoms with Crippen molar-refractivity contribution in [1.29, 1.82) is 0 Å². The van der Waals surface area contributed by atoms with Gasteiger partial charge in [0.25, 0.3) is 0 Å². The monoisotopic (exact) mass is 330 g/mol. The van der Waals surface area contributed by atoms with Crippen molar-refractivity contribution in [2.45, 2.75) is 51.0 Å². The second-order valence-corrected chi connectivity index (χ2v) is 7.47. The molecule has 22 heavy (non-hydrogen) atoms.